The lowest BCUT2D eigenvalue weighted by Crippen LogP contribution is -2.39. The zero-order chi connectivity index (χ0) is 15.1. The van der Waals surface area contributed by atoms with Gasteiger partial charge in [-0.1, -0.05) is 19.3 Å². The Bertz CT molecular complexity index is 353. The highest BCUT2D eigenvalue weighted by Gasteiger charge is 2.31. The second-order valence-electron chi connectivity index (χ2n) is 6.53. The summed E-state index contributed by atoms with van der Waals surface area (Å²) in [6.07, 6.45) is 8.65. The van der Waals surface area contributed by atoms with Crippen LogP contribution < -0.4 is 16.4 Å². The standard InChI is InChI=1S/C16H29N3O2/c17-11-13-6-3-7-14(13)16(21)19-9-8-18-15(20)10-12-4-1-2-5-12/h12-14H,1-11,17H2,(H,18,20)(H,19,21)/t13-,14-/m1/s1. The molecular formula is C16H29N3O2. The zero-order valence-corrected chi connectivity index (χ0v) is 12.9. The second-order valence-corrected chi connectivity index (χ2v) is 6.53. The fourth-order valence-electron chi connectivity index (χ4n) is 3.73. The Morgan fingerprint density at radius 2 is 1.67 bits per heavy atom. The van der Waals surface area contributed by atoms with E-state index in [1.165, 1.54) is 25.7 Å². The van der Waals surface area contributed by atoms with Crippen molar-refractivity contribution in [2.24, 2.45) is 23.5 Å². The van der Waals surface area contributed by atoms with Crippen LogP contribution in [0.2, 0.25) is 0 Å². The number of nitrogens with two attached hydrogens (primary N) is 1. The molecule has 120 valence electrons. The molecule has 4 N–H and O–H groups in total. The number of hydrogen-bond acceptors (Lipinski definition) is 3. The van der Waals surface area contributed by atoms with E-state index in [1.54, 1.807) is 0 Å². The molecule has 0 spiro atoms. The van der Waals surface area contributed by atoms with Gasteiger partial charge in [0.2, 0.25) is 11.8 Å². The number of carbonyl (C=O) groups is 2. The van der Waals surface area contributed by atoms with E-state index >= 15 is 0 Å². The van der Waals surface area contributed by atoms with Crippen molar-refractivity contribution in [3.8, 4) is 0 Å². The van der Waals surface area contributed by atoms with Gasteiger partial charge in [0.1, 0.15) is 0 Å². The lowest BCUT2D eigenvalue weighted by molar-refractivity contribution is -0.126. The summed E-state index contributed by atoms with van der Waals surface area (Å²) in [5.41, 5.74) is 5.70. The van der Waals surface area contributed by atoms with E-state index in [0.29, 0.717) is 37.9 Å². The average Bonchev–Trinajstić information content (AvgIpc) is 3.13. The second kappa shape index (κ2) is 8.37. The summed E-state index contributed by atoms with van der Waals surface area (Å²) in [6.45, 7) is 1.64. The van der Waals surface area contributed by atoms with Gasteiger partial charge in [0.15, 0.2) is 0 Å². The molecule has 0 aliphatic heterocycles. The summed E-state index contributed by atoms with van der Waals surface area (Å²) in [6, 6.07) is 0. The molecular weight excluding hydrogens is 266 g/mol. The maximum absolute atomic E-state index is 12.1. The van der Waals surface area contributed by atoms with Gasteiger partial charge >= 0.3 is 0 Å². The highest BCUT2D eigenvalue weighted by molar-refractivity contribution is 5.79. The molecule has 0 saturated heterocycles. The van der Waals surface area contributed by atoms with Gasteiger partial charge in [-0.3, -0.25) is 9.59 Å². The van der Waals surface area contributed by atoms with Crippen LogP contribution in [-0.2, 0) is 9.59 Å². The number of nitrogens with one attached hydrogen (secondary N) is 2. The first-order chi connectivity index (χ1) is 10.2. The molecule has 2 fully saturated rings. The van der Waals surface area contributed by atoms with Gasteiger partial charge in [-0.15, -0.1) is 0 Å². The van der Waals surface area contributed by atoms with Crippen molar-refractivity contribution in [1.82, 2.24) is 10.6 Å². The topological polar surface area (TPSA) is 84.2 Å². The van der Waals surface area contributed by atoms with Crippen LogP contribution in [0.4, 0.5) is 0 Å². The lowest BCUT2D eigenvalue weighted by Gasteiger charge is -2.17. The zero-order valence-electron chi connectivity index (χ0n) is 12.9. The van der Waals surface area contributed by atoms with Gasteiger partial charge in [-0.05, 0) is 44.1 Å². The van der Waals surface area contributed by atoms with E-state index in [0.717, 1.165) is 19.3 Å². The quantitative estimate of drug-likeness (QED) is 0.617. The van der Waals surface area contributed by atoms with Crippen molar-refractivity contribution in [3.63, 3.8) is 0 Å². The highest BCUT2D eigenvalue weighted by atomic mass is 16.2. The van der Waals surface area contributed by atoms with E-state index in [-0.39, 0.29) is 17.7 Å². The number of amides is 2. The third kappa shape index (κ3) is 4.99. The molecule has 0 heterocycles. The minimum Gasteiger partial charge on any atom is -0.354 e. The Kier molecular flexibility index (Phi) is 6.49. The number of hydrogen-bond donors (Lipinski definition) is 3. The maximum Gasteiger partial charge on any atom is 0.223 e. The van der Waals surface area contributed by atoms with Crippen LogP contribution in [0.5, 0.6) is 0 Å². The molecule has 0 aromatic carbocycles. The smallest absolute Gasteiger partial charge is 0.223 e. The monoisotopic (exact) mass is 295 g/mol. The molecule has 5 nitrogen and oxygen atoms in total. The van der Waals surface area contributed by atoms with E-state index in [2.05, 4.69) is 10.6 Å². The average molecular weight is 295 g/mol. The van der Waals surface area contributed by atoms with Crippen LogP contribution in [-0.4, -0.2) is 31.4 Å². The summed E-state index contributed by atoms with van der Waals surface area (Å²) in [7, 11) is 0. The van der Waals surface area contributed by atoms with Gasteiger partial charge < -0.3 is 16.4 Å². The predicted octanol–water partition coefficient (Wildman–Crippen LogP) is 1.17. The molecule has 2 atom stereocenters. The normalized spacial score (nSPS) is 26.0. The van der Waals surface area contributed by atoms with Gasteiger partial charge in [0.25, 0.3) is 0 Å². The summed E-state index contributed by atoms with van der Waals surface area (Å²) in [5, 5.41) is 5.83. The lowest BCUT2D eigenvalue weighted by atomic mass is 9.95. The largest absolute Gasteiger partial charge is 0.354 e. The Balaban J connectivity index is 1.56. The summed E-state index contributed by atoms with van der Waals surface area (Å²) in [5.74, 6) is 1.21. The Morgan fingerprint density at radius 1 is 0.952 bits per heavy atom. The molecule has 2 amide bonds. The minimum absolute atomic E-state index is 0.0733. The molecule has 5 heteroatoms. The van der Waals surface area contributed by atoms with E-state index in [4.69, 9.17) is 5.73 Å². The molecule has 21 heavy (non-hydrogen) atoms. The highest BCUT2D eigenvalue weighted by Crippen LogP contribution is 2.30. The van der Waals surface area contributed by atoms with Crippen molar-refractivity contribution >= 4 is 11.8 Å². The Morgan fingerprint density at radius 3 is 2.38 bits per heavy atom. The molecule has 2 aliphatic rings. The molecule has 2 aliphatic carbocycles. The SMILES string of the molecule is NC[C@H]1CCC[C@H]1C(=O)NCCNC(=O)CC1CCCC1. The minimum atomic E-state index is 0.0733. The first kappa shape index (κ1) is 16.3. The molecule has 0 aromatic rings. The van der Waals surface area contributed by atoms with Crippen LogP contribution in [0.3, 0.4) is 0 Å². The number of carbonyl (C=O) groups excluding carboxylic acids is 2. The Hall–Kier alpha value is -1.10. The molecule has 2 rings (SSSR count). The Labute approximate surface area is 127 Å². The van der Waals surface area contributed by atoms with Gasteiger partial charge in [-0.25, -0.2) is 0 Å². The first-order valence-electron chi connectivity index (χ1n) is 8.45. The first-order valence-corrected chi connectivity index (χ1v) is 8.45. The summed E-state index contributed by atoms with van der Waals surface area (Å²) >= 11 is 0. The van der Waals surface area contributed by atoms with Crippen LogP contribution in [0.15, 0.2) is 0 Å². The maximum atomic E-state index is 12.1. The van der Waals surface area contributed by atoms with Gasteiger partial charge in [0, 0.05) is 25.4 Å². The van der Waals surface area contributed by atoms with Crippen LogP contribution in [0.1, 0.15) is 51.4 Å². The van der Waals surface area contributed by atoms with Crippen molar-refractivity contribution in [2.45, 2.75) is 51.4 Å². The van der Waals surface area contributed by atoms with Gasteiger partial charge in [-0.2, -0.15) is 0 Å². The van der Waals surface area contributed by atoms with E-state index in [1.807, 2.05) is 0 Å². The third-order valence-electron chi connectivity index (χ3n) is 4.99. The van der Waals surface area contributed by atoms with Crippen molar-refractivity contribution in [3.05, 3.63) is 0 Å². The molecule has 0 unspecified atom stereocenters. The van der Waals surface area contributed by atoms with E-state index in [9.17, 15) is 9.59 Å². The van der Waals surface area contributed by atoms with Gasteiger partial charge in [0.05, 0.1) is 0 Å². The molecule has 0 radical (unpaired) electrons. The third-order valence-corrected chi connectivity index (χ3v) is 4.99. The molecule has 0 aromatic heterocycles. The van der Waals surface area contributed by atoms with Crippen LogP contribution >= 0.6 is 0 Å². The molecule has 2 saturated carbocycles. The molecule has 0 bridgehead atoms. The van der Waals surface area contributed by atoms with Crippen molar-refractivity contribution in [1.29, 1.82) is 0 Å². The van der Waals surface area contributed by atoms with Crippen molar-refractivity contribution in [2.75, 3.05) is 19.6 Å². The predicted molar refractivity (Wildman–Crippen MR) is 82.5 cm³/mol. The number of rotatable bonds is 7. The fourth-order valence-corrected chi connectivity index (χ4v) is 3.73. The fraction of sp³-hybridized carbons (Fsp3) is 0.875. The van der Waals surface area contributed by atoms with Crippen LogP contribution in [0, 0.1) is 17.8 Å². The summed E-state index contributed by atoms with van der Waals surface area (Å²) in [4.78, 5) is 23.8. The van der Waals surface area contributed by atoms with Crippen molar-refractivity contribution < 1.29 is 9.59 Å². The van der Waals surface area contributed by atoms with Crippen LogP contribution in [0.25, 0.3) is 0 Å². The summed E-state index contributed by atoms with van der Waals surface area (Å²) < 4.78 is 0. The van der Waals surface area contributed by atoms with E-state index < -0.39 is 0 Å².